The van der Waals surface area contributed by atoms with Gasteiger partial charge in [0.05, 0.1) is 0 Å². The van der Waals surface area contributed by atoms with E-state index in [9.17, 15) is 14.4 Å². The highest BCUT2D eigenvalue weighted by Crippen LogP contribution is 2.21. The number of nitrogens with one attached hydrogen (secondary N) is 1. The number of carboxylic acids is 1. The fourth-order valence-electron chi connectivity index (χ4n) is 3.58. The molecule has 0 spiro atoms. The standard InChI is InChI=1S/C22H28N4O5/c1-4-10-25-20-18(21(29)26(11-5-2)22(25)30)23-19(24-20)14(3)12-15-6-8-16(9-7-15)31-13-17(27)28/h6-9,14H,4-5,10-13H2,1-3H3,(H,23,24)(H,27,28). The van der Waals surface area contributed by atoms with E-state index < -0.39 is 5.97 Å². The molecule has 0 saturated heterocycles. The van der Waals surface area contributed by atoms with Crippen molar-refractivity contribution in [2.24, 2.45) is 0 Å². The number of hydrogen-bond acceptors (Lipinski definition) is 5. The molecule has 0 fully saturated rings. The Bertz CT molecular complexity index is 1170. The van der Waals surface area contributed by atoms with Crippen LogP contribution in [0.2, 0.25) is 0 Å². The summed E-state index contributed by atoms with van der Waals surface area (Å²) >= 11 is 0. The molecule has 1 unspecified atom stereocenters. The van der Waals surface area contributed by atoms with E-state index >= 15 is 0 Å². The Balaban J connectivity index is 1.89. The van der Waals surface area contributed by atoms with Crippen LogP contribution >= 0.6 is 0 Å². The second-order valence-electron chi connectivity index (χ2n) is 7.64. The molecule has 9 heteroatoms. The van der Waals surface area contributed by atoms with Gasteiger partial charge in [0.25, 0.3) is 5.56 Å². The van der Waals surface area contributed by atoms with Crippen molar-refractivity contribution in [3.8, 4) is 5.75 Å². The largest absolute Gasteiger partial charge is 0.482 e. The molecule has 31 heavy (non-hydrogen) atoms. The van der Waals surface area contributed by atoms with Crippen LogP contribution in [0, 0.1) is 0 Å². The quantitative estimate of drug-likeness (QED) is 0.512. The van der Waals surface area contributed by atoms with Gasteiger partial charge in [-0.3, -0.25) is 13.9 Å². The molecule has 0 aliphatic rings. The molecule has 3 aromatic rings. The van der Waals surface area contributed by atoms with Gasteiger partial charge in [-0.1, -0.05) is 32.9 Å². The zero-order valence-corrected chi connectivity index (χ0v) is 18.1. The summed E-state index contributed by atoms with van der Waals surface area (Å²) < 4.78 is 8.01. The highest BCUT2D eigenvalue weighted by atomic mass is 16.5. The number of aliphatic carboxylic acids is 1. The third kappa shape index (κ3) is 4.87. The van der Waals surface area contributed by atoms with E-state index in [0.717, 1.165) is 12.0 Å². The van der Waals surface area contributed by atoms with Gasteiger partial charge < -0.3 is 14.8 Å². The molecule has 2 aromatic heterocycles. The van der Waals surface area contributed by atoms with Gasteiger partial charge in [0, 0.05) is 19.0 Å². The van der Waals surface area contributed by atoms with Crippen LogP contribution in [0.3, 0.4) is 0 Å². The number of H-pyrrole nitrogens is 1. The van der Waals surface area contributed by atoms with Gasteiger partial charge in [-0.2, -0.15) is 0 Å². The van der Waals surface area contributed by atoms with Crippen molar-refractivity contribution in [3.63, 3.8) is 0 Å². The van der Waals surface area contributed by atoms with Gasteiger partial charge in [-0.05, 0) is 37.0 Å². The fraction of sp³-hybridized carbons (Fsp3) is 0.455. The Morgan fingerprint density at radius 3 is 2.39 bits per heavy atom. The Morgan fingerprint density at radius 2 is 1.77 bits per heavy atom. The van der Waals surface area contributed by atoms with Crippen LogP contribution in [-0.2, 0) is 24.3 Å². The van der Waals surface area contributed by atoms with E-state index in [0.29, 0.717) is 48.7 Å². The minimum atomic E-state index is -1.03. The molecule has 0 bridgehead atoms. The summed E-state index contributed by atoms with van der Waals surface area (Å²) in [5, 5.41) is 8.69. The summed E-state index contributed by atoms with van der Waals surface area (Å²) in [6, 6.07) is 7.20. The monoisotopic (exact) mass is 428 g/mol. The molecule has 1 aromatic carbocycles. The lowest BCUT2D eigenvalue weighted by Gasteiger charge is -2.10. The van der Waals surface area contributed by atoms with Gasteiger partial charge in [-0.25, -0.2) is 14.6 Å². The van der Waals surface area contributed by atoms with E-state index in [1.165, 1.54) is 4.57 Å². The number of carbonyl (C=O) groups is 1. The summed E-state index contributed by atoms with van der Waals surface area (Å²) in [6.45, 7) is 6.39. The normalized spacial score (nSPS) is 12.2. The highest BCUT2D eigenvalue weighted by Gasteiger charge is 2.19. The smallest absolute Gasteiger partial charge is 0.341 e. The van der Waals surface area contributed by atoms with Crippen LogP contribution in [0.5, 0.6) is 5.75 Å². The van der Waals surface area contributed by atoms with Crippen molar-refractivity contribution in [2.75, 3.05) is 6.61 Å². The molecule has 166 valence electrons. The van der Waals surface area contributed by atoms with E-state index in [4.69, 9.17) is 9.84 Å². The summed E-state index contributed by atoms with van der Waals surface area (Å²) in [5.41, 5.74) is 1.14. The van der Waals surface area contributed by atoms with E-state index in [-0.39, 0.29) is 23.8 Å². The number of rotatable bonds is 10. The molecule has 1 atom stereocenters. The summed E-state index contributed by atoms with van der Waals surface area (Å²) in [5.74, 6) is 0.0870. The van der Waals surface area contributed by atoms with Crippen molar-refractivity contribution in [1.29, 1.82) is 0 Å². The number of ether oxygens (including phenoxy) is 1. The minimum absolute atomic E-state index is 0.0256. The molecule has 3 rings (SSSR count). The van der Waals surface area contributed by atoms with Crippen molar-refractivity contribution >= 4 is 17.1 Å². The number of carboxylic acid groups (broad SMARTS) is 1. The summed E-state index contributed by atoms with van der Waals surface area (Å²) in [7, 11) is 0. The number of imidazole rings is 1. The molecule has 9 nitrogen and oxygen atoms in total. The van der Waals surface area contributed by atoms with Crippen molar-refractivity contribution < 1.29 is 14.6 Å². The van der Waals surface area contributed by atoms with Crippen molar-refractivity contribution in [3.05, 3.63) is 56.5 Å². The molecular formula is C22H28N4O5. The number of nitrogens with zero attached hydrogens (tertiary/aromatic N) is 3. The van der Waals surface area contributed by atoms with Crippen molar-refractivity contribution in [2.45, 2.75) is 59.0 Å². The first kappa shape index (κ1) is 22.3. The van der Waals surface area contributed by atoms with Gasteiger partial charge >= 0.3 is 11.7 Å². The lowest BCUT2D eigenvalue weighted by atomic mass is 10.0. The zero-order valence-electron chi connectivity index (χ0n) is 18.1. The third-order valence-corrected chi connectivity index (χ3v) is 5.07. The molecule has 0 radical (unpaired) electrons. The molecule has 0 aliphatic carbocycles. The summed E-state index contributed by atoms with van der Waals surface area (Å²) in [6.07, 6.45) is 2.10. The van der Waals surface area contributed by atoms with Crippen LogP contribution in [0.4, 0.5) is 0 Å². The minimum Gasteiger partial charge on any atom is -0.482 e. The number of hydrogen-bond donors (Lipinski definition) is 2. The average molecular weight is 428 g/mol. The maximum atomic E-state index is 12.9. The lowest BCUT2D eigenvalue weighted by Crippen LogP contribution is -2.40. The lowest BCUT2D eigenvalue weighted by molar-refractivity contribution is -0.139. The van der Waals surface area contributed by atoms with Gasteiger partial charge in [0.1, 0.15) is 17.1 Å². The number of aromatic nitrogens is 4. The highest BCUT2D eigenvalue weighted by molar-refractivity contribution is 5.70. The first-order chi connectivity index (χ1) is 14.8. The van der Waals surface area contributed by atoms with Gasteiger partial charge in [0.2, 0.25) is 0 Å². The second kappa shape index (κ2) is 9.63. The van der Waals surface area contributed by atoms with E-state index in [1.807, 2.05) is 32.9 Å². The van der Waals surface area contributed by atoms with Crippen LogP contribution < -0.4 is 16.0 Å². The first-order valence-electron chi connectivity index (χ1n) is 10.5. The van der Waals surface area contributed by atoms with Crippen molar-refractivity contribution in [1.82, 2.24) is 19.1 Å². The SMILES string of the molecule is CCCn1c(=O)c2[nH]c(C(C)Cc3ccc(OCC(=O)O)cc3)nc2n(CCC)c1=O. The van der Waals surface area contributed by atoms with Crippen LogP contribution in [0.15, 0.2) is 33.9 Å². The molecule has 0 amide bonds. The second-order valence-corrected chi connectivity index (χ2v) is 7.64. The Labute approximate surface area is 179 Å². The molecule has 0 saturated carbocycles. The van der Waals surface area contributed by atoms with E-state index in [2.05, 4.69) is 9.97 Å². The Kier molecular flexibility index (Phi) is 6.94. The van der Waals surface area contributed by atoms with Crippen LogP contribution in [0.25, 0.3) is 11.2 Å². The van der Waals surface area contributed by atoms with Crippen LogP contribution in [-0.4, -0.2) is 36.8 Å². The molecule has 2 N–H and O–H groups in total. The molecule has 2 heterocycles. The third-order valence-electron chi connectivity index (χ3n) is 5.07. The summed E-state index contributed by atoms with van der Waals surface area (Å²) in [4.78, 5) is 44.0. The topological polar surface area (TPSA) is 119 Å². The number of aromatic amines is 1. The zero-order chi connectivity index (χ0) is 22.5. The molecule has 0 aliphatic heterocycles. The number of aryl methyl sites for hydroxylation is 1. The predicted octanol–water partition coefficient (Wildman–Crippen LogP) is 2.52. The fourth-order valence-corrected chi connectivity index (χ4v) is 3.58. The Hall–Kier alpha value is -3.36. The maximum Gasteiger partial charge on any atom is 0.341 e. The van der Waals surface area contributed by atoms with Crippen LogP contribution in [0.1, 0.15) is 50.9 Å². The van der Waals surface area contributed by atoms with Gasteiger partial charge in [-0.15, -0.1) is 0 Å². The number of fused-ring (bicyclic) bond motifs is 1. The van der Waals surface area contributed by atoms with E-state index in [1.54, 1.807) is 16.7 Å². The maximum absolute atomic E-state index is 12.9. The molecular weight excluding hydrogens is 400 g/mol. The predicted molar refractivity (Wildman–Crippen MR) is 117 cm³/mol. The first-order valence-corrected chi connectivity index (χ1v) is 10.5. The Morgan fingerprint density at radius 1 is 1.13 bits per heavy atom. The number of benzene rings is 1. The van der Waals surface area contributed by atoms with Gasteiger partial charge in [0.15, 0.2) is 12.3 Å². The average Bonchev–Trinajstić information content (AvgIpc) is 3.19.